The molecule has 0 unspecified atom stereocenters. The van der Waals surface area contributed by atoms with Gasteiger partial charge in [0.15, 0.2) is 5.82 Å². The van der Waals surface area contributed by atoms with Crippen LogP contribution in [0.15, 0.2) is 97.5 Å². The average molecular weight is 519 g/mol. The minimum absolute atomic E-state index is 0.287. The summed E-state index contributed by atoms with van der Waals surface area (Å²) in [5.41, 5.74) is 4.83. The summed E-state index contributed by atoms with van der Waals surface area (Å²) in [6, 6.07) is 25.6. The molecule has 5 aromatic rings. The van der Waals surface area contributed by atoms with Gasteiger partial charge in [0.05, 0.1) is 11.4 Å². The second kappa shape index (κ2) is 11.3. The predicted molar refractivity (Wildman–Crippen MR) is 137 cm³/mol. The van der Waals surface area contributed by atoms with Gasteiger partial charge in [0.1, 0.15) is 12.1 Å². The summed E-state index contributed by atoms with van der Waals surface area (Å²) in [6.07, 6.45) is 0.381. The molecule has 0 aliphatic heterocycles. The van der Waals surface area contributed by atoms with Crippen molar-refractivity contribution >= 4 is 0 Å². The van der Waals surface area contributed by atoms with Crippen molar-refractivity contribution in [2.75, 3.05) is 13.1 Å². The number of hydrogen-bond acceptors (Lipinski definition) is 5. The van der Waals surface area contributed by atoms with Crippen LogP contribution in [0.5, 0.6) is 5.75 Å². The fourth-order valence-electron chi connectivity index (χ4n) is 4.04. The first-order valence-electron chi connectivity index (χ1n) is 12.1. The molecule has 0 radical (unpaired) electrons. The highest BCUT2D eigenvalue weighted by molar-refractivity contribution is 5.55. The highest BCUT2D eigenvalue weighted by atomic mass is 19.4. The van der Waals surface area contributed by atoms with Gasteiger partial charge in [-0.2, -0.15) is 5.10 Å². The number of nitrogens with one attached hydrogen (secondary N) is 1. The SMILES string of the molecule is FC(F)(F)Oc1ccc(-n2cnc(-c3ccc(CCNCCc4ccnn4-c4ccccc4)cc3)n2)cc1. The van der Waals surface area contributed by atoms with Gasteiger partial charge in [-0.25, -0.2) is 14.3 Å². The third-order valence-electron chi connectivity index (χ3n) is 5.91. The van der Waals surface area contributed by atoms with Crippen molar-refractivity contribution in [3.05, 3.63) is 109 Å². The van der Waals surface area contributed by atoms with Gasteiger partial charge in [0.25, 0.3) is 0 Å². The van der Waals surface area contributed by atoms with Crippen LogP contribution in [0.1, 0.15) is 11.3 Å². The molecule has 7 nitrogen and oxygen atoms in total. The molecule has 0 aliphatic carbocycles. The monoisotopic (exact) mass is 518 g/mol. The summed E-state index contributed by atoms with van der Waals surface area (Å²) in [6.45, 7) is 1.70. The molecule has 5 rings (SSSR count). The summed E-state index contributed by atoms with van der Waals surface area (Å²) < 4.78 is 44.4. The third-order valence-corrected chi connectivity index (χ3v) is 5.91. The molecule has 2 heterocycles. The van der Waals surface area contributed by atoms with Crippen molar-refractivity contribution in [1.82, 2.24) is 29.9 Å². The number of para-hydroxylation sites is 1. The minimum Gasteiger partial charge on any atom is -0.406 e. The Hall–Kier alpha value is -4.44. The lowest BCUT2D eigenvalue weighted by Gasteiger charge is -2.09. The highest BCUT2D eigenvalue weighted by Gasteiger charge is 2.31. The number of aromatic nitrogens is 5. The molecule has 3 aromatic carbocycles. The van der Waals surface area contributed by atoms with Crippen LogP contribution < -0.4 is 10.1 Å². The summed E-state index contributed by atoms with van der Waals surface area (Å²) in [5, 5.41) is 12.4. The van der Waals surface area contributed by atoms with Gasteiger partial charge in [0.2, 0.25) is 0 Å². The molecule has 0 saturated heterocycles. The molecule has 10 heteroatoms. The van der Waals surface area contributed by atoms with E-state index in [0.717, 1.165) is 42.9 Å². The molecule has 0 amide bonds. The van der Waals surface area contributed by atoms with E-state index in [2.05, 4.69) is 25.2 Å². The number of alkyl halides is 3. The molecular weight excluding hydrogens is 493 g/mol. The normalized spacial score (nSPS) is 11.6. The van der Waals surface area contributed by atoms with E-state index in [9.17, 15) is 13.2 Å². The fourth-order valence-corrected chi connectivity index (χ4v) is 4.04. The lowest BCUT2D eigenvalue weighted by atomic mass is 10.1. The minimum atomic E-state index is -4.72. The van der Waals surface area contributed by atoms with Crippen molar-refractivity contribution in [3.63, 3.8) is 0 Å². The second-order valence-corrected chi connectivity index (χ2v) is 8.57. The summed E-state index contributed by atoms with van der Waals surface area (Å²) in [7, 11) is 0. The van der Waals surface area contributed by atoms with E-state index < -0.39 is 6.36 Å². The van der Waals surface area contributed by atoms with Crippen molar-refractivity contribution < 1.29 is 17.9 Å². The molecule has 0 spiro atoms. The maximum Gasteiger partial charge on any atom is 0.573 e. The molecule has 0 saturated carbocycles. The summed E-state index contributed by atoms with van der Waals surface area (Å²) >= 11 is 0. The Bertz CT molecular complexity index is 1440. The van der Waals surface area contributed by atoms with E-state index in [4.69, 9.17) is 0 Å². The first-order chi connectivity index (χ1) is 18.4. The Balaban J connectivity index is 1.10. The molecule has 38 heavy (non-hydrogen) atoms. The summed E-state index contributed by atoms with van der Waals surface area (Å²) in [5.74, 6) is 0.241. The molecule has 2 aromatic heterocycles. The topological polar surface area (TPSA) is 69.8 Å². The quantitative estimate of drug-likeness (QED) is 0.251. The summed E-state index contributed by atoms with van der Waals surface area (Å²) in [4.78, 5) is 4.34. The lowest BCUT2D eigenvalue weighted by Crippen LogP contribution is -2.21. The van der Waals surface area contributed by atoms with E-state index in [1.807, 2.05) is 71.5 Å². The number of benzene rings is 3. The second-order valence-electron chi connectivity index (χ2n) is 8.57. The molecule has 0 aliphatic rings. The zero-order valence-corrected chi connectivity index (χ0v) is 20.3. The van der Waals surface area contributed by atoms with Crippen LogP contribution in [0.2, 0.25) is 0 Å². The highest BCUT2D eigenvalue weighted by Crippen LogP contribution is 2.24. The van der Waals surface area contributed by atoms with Crippen molar-refractivity contribution in [2.45, 2.75) is 19.2 Å². The standard InChI is InChI=1S/C28H25F3N6O/c29-28(30,31)38-26-12-10-23(11-13-26)36-20-33-27(35-36)22-8-6-21(7-9-22)14-17-32-18-15-25-16-19-34-37(25)24-4-2-1-3-5-24/h1-13,16,19-20,32H,14-15,17-18H2. The van der Waals surface area contributed by atoms with Crippen LogP contribution in [0.3, 0.4) is 0 Å². The Morgan fingerprint density at radius 3 is 2.26 bits per heavy atom. The van der Waals surface area contributed by atoms with E-state index in [0.29, 0.717) is 11.5 Å². The van der Waals surface area contributed by atoms with Crippen molar-refractivity contribution in [3.8, 4) is 28.5 Å². The van der Waals surface area contributed by atoms with Gasteiger partial charge >= 0.3 is 6.36 Å². The van der Waals surface area contributed by atoms with Crippen LogP contribution in [-0.2, 0) is 12.8 Å². The first-order valence-corrected chi connectivity index (χ1v) is 12.1. The average Bonchev–Trinajstić information content (AvgIpc) is 3.59. The molecular formula is C28H25F3N6O. The van der Waals surface area contributed by atoms with Crippen molar-refractivity contribution in [2.24, 2.45) is 0 Å². The fraction of sp³-hybridized carbons (Fsp3) is 0.179. The Labute approximate surface area is 217 Å². The van der Waals surface area contributed by atoms with Crippen LogP contribution in [0.25, 0.3) is 22.8 Å². The zero-order chi connectivity index (χ0) is 26.4. The third kappa shape index (κ3) is 6.46. The molecule has 194 valence electrons. The molecule has 1 N–H and O–H groups in total. The van der Waals surface area contributed by atoms with Crippen LogP contribution >= 0.6 is 0 Å². The lowest BCUT2D eigenvalue weighted by molar-refractivity contribution is -0.274. The van der Waals surface area contributed by atoms with E-state index in [1.54, 1.807) is 0 Å². The molecule has 0 bridgehead atoms. The van der Waals surface area contributed by atoms with E-state index >= 15 is 0 Å². The molecule has 0 atom stereocenters. The number of ether oxygens (including phenoxy) is 1. The van der Waals surface area contributed by atoms with Gasteiger partial charge in [-0.1, -0.05) is 42.5 Å². The van der Waals surface area contributed by atoms with Gasteiger partial charge < -0.3 is 10.1 Å². The van der Waals surface area contributed by atoms with E-state index in [1.165, 1.54) is 40.8 Å². The largest absolute Gasteiger partial charge is 0.573 e. The first kappa shape index (κ1) is 25.2. The number of halogens is 3. The number of rotatable bonds is 10. The van der Waals surface area contributed by atoms with Gasteiger partial charge in [-0.3, -0.25) is 0 Å². The molecule has 0 fully saturated rings. The van der Waals surface area contributed by atoms with E-state index in [-0.39, 0.29) is 5.75 Å². The van der Waals surface area contributed by atoms with Crippen LogP contribution in [0, 0.1) is 0 Å². The Morgan fingerprint density at radius 2 is 1.53 bits per heavy atom. The Kier molecular flexibility index (Phi) is 7.50. The van der Waals surface area contributed by atoms with Gasteiger partial charge in [0, 0.05) is 30.4 Å². The van der Waals surface area contributed by atoms with Crippen LogP contribution in [0.4, 0.5) is 13.2 Å². The van der Waals surface area contributed by atoms with Crippen molar-refractivity contribution in [1.29, 1.82) is 0 Å². The Morgan fingerprint density at radius 1 is 0.789 bits per heavy atom. The smallest absolute Gasteiger partial charge is 0.406 e. The maximum atomic E-state index is 12.4. The maximum absolute atomic E-state index is 12.4. The zero-order valence-electron chi connectivity index (χ0n) is 20.3. The van der Waals surface area contributed by atoms with Crippen LogP contribution in [-0.4, -0.2) is 44.0 Å². The predicted octanol–water partition coefficient (Wildman–Crippen LogP) is 5.39. The number of nitrogens with zero attached hydrogens (tertiary/aromatic N) is 5. The number of hydrogen-bond donors (Lipinski definition) is 1. The van der Waals surface area contributed by atoms with Gasteiger partial charge in [-0.15, -0.1) is 18.3 Å². The van der Waals surface area contributed by atoms with Gasteiger partial charge in [-0.05, 0) is 61.0 Å².